The molecular formula is C14H19NO3S. The molecule has 0 spiro atoms. The van der Waals surface area contributed by atoms with Gasteiger partial charge >= 0.3 is 5.97 Å². The lowest BCUT2D eigenvalue weighted by Gasteiger charge is -2.11. The molecule has 104 valence electrons. The molecule has 1 N–H and O–H groups in total. The fraction of sp³-hybridized carbons (Fsp3) is 0.571. The van der Waals surface area contributed by atoms with Gasteiger partial charge in [-0.05, 0) is 44.2 Å². The van der Waals surface area contributed by atoms with Gasteiger partial charge in [-0.15, -0.1) is 11.3 Å². The Morgan fingerprint density at radius 2 is 2.16 bits per heavy atom. The summed E-state index contributed by atoms with van der Waals surface area (Å²) >= 11 is 1.58. The highest BCUT2D eigenvalue weighted by Crippen LogP contribution is 2.29. The van der Waals surface area contributed by atoms with Crippen LogP contribution in [0.5, 0.6) is 0 Å². The Morgan fingerprint density at radius 3 is 2.84 bits per heavy atom. The molecule has 2 rings (SSSR count). The summed E-state index contributed by atoms with van der Waals surface area (Å²) in [4.78, 5) is 25.3. The number of hydrogen-bond acceptors (Lipinski definition) is 4. The molecule has 1 aliphatic rings. The van der Waals surface area contributed by atoms with Crippen LogP contribution in [0.3, 0.4) is 0 Å². The fourth-order valence-electron chi connectivity index (χ4n) is 2.28. The van der Waals surface area contributed by atoms with Crippen LogP contribution in [0.4, 0.5) is 0 Å². The molecule has 0 fully saturated rings. The van der Waals surface area contributed by atoms with E-state index in [-0.39, 0.29) is 24.3 Å². The molecule has 0 saturated carbocycles. The molecule has 0 aliphatic heterocycles. The van der Waals surface area contributed by atoms with E-state index in [1.807, 2.05) is 13.0 Å². The highest BCUT2D eigenvalue weighted by Gasteiger charge is 2.19. The van der Waals surface area contributed by atoms with Gasteiger partial charge in [-0.3, -0.25) is 9.59 Å². The summed E-state index contributed by atoms with van der Waals surface area (Å²) in [7, 11) is 1.35. The smallest absolute Gasteiger partial charge is 0.307 e. The Hall–Kier alpha value is -1.36. The summed E-state index contributed by atoms with van der Waals surface area (Å²) in [5.74, 6) is -0.394. The number of fused-ring (bicyclic) bond motifs is 1. The number of thiophene rings is 1. The average molecular weight is 281 g/mol. The van der Waals surface area contributed by atoms with Gasteiger partial charge in [0, 0.05) is 10.9 Å². The van der Waals surface area contributed by atoms with Crippen LogP contribution in [0.1, 0.15) is 46.3 Å². The number of carbonyl (C=O) groups is 2. The first kappa shape index (κ1) is 14.1. The van der Waals surface area contributed by atoms with Crippen molar-refractivity contribution in [2.75, 3.05) is 7.11 Å². The molecule has 1 atom stereocenters. The summed E-state index contributed by atoms with van der Waals surface area (Å²) in [6.07, 6.45) is 4.80. The van der Waals surface area contributed by atoms with Crippen LogP contribution in [0.15, 0.2) is 6.07 Å². The van der Waals surface area contributed by atoms with Crippen LogP contribution in [0.2, 0.25) is 0 Å². The van der Waals surface area contributed by atoms with Crippen molar-refractivity contribution in [1.29, 1.82) is 0 Å². The molecule has 5 heteroatoms. The minimum absolute atomic E-state index is 0.0872. The number of amides is 1. The first-order valence-corrected chi connectivity index (χ1v) is 7.41. The number of nitrogens with one attached hydrogen (secondary N) is 1. The van der Waals surface area contributed by atoms with Crippen molar-refractivity contribution in [1.82, 2.24) is 5.32 Å². The standard InChI is InChI=1S/C14H19NO3S/c1-9(7-13(16)18-2)15-14(17)12-8-10-5-3-4-6-11(10)19-12/h8-9H,3-7H2,1-2H3,(H,15,17)/t9-/m1/s1. The number of hydrogen-bond donors (Lipinski definition) is 1. The third kappa shape index (κ3) is 3.56. The van der Waals surface area contributed by atoms with Crippen LogP contribution < -0.4 is 5.32 Å². The Kier molecular flexibility index (Phi) is 4.58. The molecule has 1 amide bonds. The Balaban J connectivity index is 1.96. The van der Waals surface area contributed by atoms with Crippen molar-refractivity contribution in [2.24, 2.45) is 0 Å². The summed E-state index contributed by atoms with van der Waals surface area (Å²) in [5.41, 5.74) is 1.32. The van der Waals surface area contributed by atoms with Crippen molar-refractivity contribution in [3.05, 3.63) is 21.4 Å². The number of ether oxygens (including phenoxy) is 1. The molecule has 1 aliphatic carbocycles. The lowest BCUT2D eigenvalue weighted by Crippen LogP contribution is -2.34. The van der Waals surface area contributed by atoms with Crippen LogP contribution in [-0.4, -0.2) is 25.0 Å². The minimum atomic E-state index is -0.307. The zero-order valence-electron chi connectivity index (χ0n) is 11.3. The van der Waals surface area contributed by atoms with E-state index in [0.717, 1.165) is 17.7 Å². The molecule has 0 unspecified atom stereocenters. The number of aryl methyl sites for hydroxylation is 2. The molecule has 1 heterocycles. The Morgan fingerprint density at radius 1 is 1.42 bits per heavy atom. The van der Waals surface area contributed by atoms with Crippen molar-refractivity contribution in [3.8, 4) is 0 Å². The predicted molar refractivity (Wildman–Crippen MR) is 74.5 cm³/mol. The molecule has 0 radical (unpaired) electrons. The number of methoxy groups -OCH3 is 1. The third-order valence-electron chi connectivity index (χ3n) is 3.30. The summed E-state index contributed by atoms with van der Waals surface area (Å²) in [6, 6.07) is 1.79. The molecule has 0 saturated heterocycles. The van der Waals surface area contributed by atoms with E-state index in [0.29, 0.717) is 0 Å². The lowest BCUT2D eigenvalue weighted by atomic mass is 9.99. The highest BCUT2D eigenvalue weighted by molar-refractivity contribution is 7.14. The number of rotatable bonds is 4. The zero-order valence-corrected chi connectivity index (χ0v) is 12.1. The second-order valence-corrected chi connectivity index (χ2v) is 6.06. The SMILES string of the molecule is COC(=O)C[C@@H](C)NC(=O)c1cc2c(s1)CCCC2. The molecule has 4 nitrogen and oxygen atoms in total. The van der Waals surface area contributed by atoms with E-state index in [2.05, 4.69) is 10.1 Å². The molecule has 0 bridgehead atoms. The average Bonchev–Trinajstić information content (AvgIpc) is 2.82. The maximum Gasteiger partial charge on any atom is 0.307 e. The van der Waals surface area contributed by atoms with E-state index in [1.54, 1.807) is 11.3 Å². The summed E-state index contributed by atoms with van der Waals surface area (Å²) < 4.78 is 4.59. The monoisotopic (exact) mass is 281 g/mol. The van der Waals surface area contributed by atoms with Crippen molar-refractivity contribution in [3.63, 3.8) is 0 Å². The van der Waals surface area contributed by atoms with Gasteiger partial charge in [-0.25, -0.2) is 0 Å². The van der Waals surface area contributed by atoms with Crippen LogP contribution in [-0.2, 0) is 22.4 Å². The molecule has 19 heavy (non-hydrogen) atoms. The van der Waals surface area contributed by atoms with Crippen LogP contribution in [0, 0.1) is 0 Å². The molecule has 1 aromatic rings. The fourth-order valence-corrected chi connectivity index (χ4v) is 3.44. The lowest BCUT2D eigenvalue weighted by molar-refractivity contribution is -0.141. The van der Waals surface area contributed by atoms with Gasteiger partial charge in [0.15, 0.2) is 0 Å². The largest absolute Gasteiger partial charge is 0.469 e. The van der Waals surface area contributed by atoms with Crippen molar-refractivity contribution in [2.45, 2.75) is 45.1 Å². The second kappa shape index (κ2) is 6.19. The van der Waals surface area contributed by atoms with E-state index < -0.39 is 0 Å². The van der Waals surface area contributed by atoms with Crippen molar-refractivity contribution >= 4 is 23.2 Å². The third-order valence-corrected chi connectivity index (χ3v) is 4.53. The first-order valence-electron chi connectivity index (χ1n) is 6.59. The molecule has 1 aromatic heterocycles. The predicted octanol–water partition coefficient (Wildman–Crippen LogP) is 2.31. The van der Waals surface area contributed by atoms with Gasteiger partial charge < -0.3 is 10.1 Å². The number of carbonyl (C=O) groups excluding carboxylic acids is 2. The quantitative estimate of drug-likeness (QED) is 0.862. The van der Waals surface area contributed by atoms with Crippen LogP contribution in [0.25, 0.3) is 0 Å². The van der Waals surface area contributed by atoms with Gasteiger partial charge in [0.05, 0.1) is 18.4 Å². The van der Waals surface area contributed by atoms with Gasteiger partial charge in [-0.1, -0.05) is 0 Å². The van der Waals surface area contributed by atoms with Gasteiger partial charge in [0.1, 0.15) is 0 Å². The minimum Gasteiger partial charge on any atom is -0.469 e. The Bertz CT molecular complexity index is 458. The molecular weight excluding hydrogens is 262 g/mol. The van der Waals surface area contributed by atoms with Gasteiger partial charge in [0.25, 0.3) is 5.91 Å². The number of esters is 1. The maximum atomic E-state index is 12.1. The van der Waals surface area contributed by atoms with E-state index in [9.17, 15) is 9.59 Å². The van der Waals surface area contributed by atoms with Crippen molar-refractivity contribution < 1.29 is 14.3 Å². The topological polar surface area (TPSA) is 55.4 Å². The van der Waals surface area contributed by atoms with E-state index >= 15 is 0 Å². The van der Waals surface area contributed by atoms with E-state index in [4.69, 9.17) is 0 Å². The van der Waals surface area contributed by atoms with Crippen LogP contribution >= 0.6 is 11.3 Å². The van der Waals surface area contributed by atoms with Gasteiger partial charge in [0.2, 0.25) is 0 Å². The Labute approximate surface area is 117 Å². The maximum absolute atomic E-state index is 12.1. The van der Waals surface area contributed by atoms with E-state index in [1.165, 1.54) is 30.4 Å². The van der Waals surface area contributed by atoms with Gasteiger partial charge in [-0.2, -0.15) is 0 Å². The first-order chi connectivity index (χ1) is 9.10. The summed E-state index contributed by atoms with van der Waals surface area (Å²) in [5, 5.41) is 2.84. The highest BCUT2D eigenvalue weighted by atomic mass is 32.1. The molecule has 0 aromatic carbocycles. The second-order valence-electron chi connectivity index (χ2n) is 4.92. The summed E-state index contributed by atoms with van der Waals surface area (Å²) in [6.45, 7) is 1.81. The zero-order chi connectivity index (χ0) is 13.8. The normalized spacial score (nSPS) is 15.5.